The Bertz CT molecular complexity index is 1010. The quantitative estimate of drug-likeness (QED) is 0.115. The van der Waals surface area contributed by atoms with E-state index in [0.29, 0.717) is 18.3 Å². The Balaban J connectivity index is 0.000000717. The predicted octanol–water partition coefficient (Wildman–Crippen LogP) is 4.80. The van der Waals surface area contributed by atoms with Gasteiger partial charge < -0.3 is 8.97 Å². The molecule has 0 spiro atoms. The first-order valence-electron chi connectivity index (χ1n) is 13.4. The lowest BCUT2D eigenvalue weighted by Crippen LogP contribution is -2.49. The summed E-state index contributed by atoms with van der Waals surface area (Å²) in [5.41, 5.74) is 12.9. The second kappa shape index (κ2) is 12.8. The van der Waals surface area contributed by atoms with Crippen molar-refractivity contribution in [2.75, 3.05) is 14.1 Å². The number of guanidine groups is 1. The van der Waals surface area contributed by atoms with Gasteiger partial charge in [-0.05, 0) is 92.1 Å². The molecule has 0 radical (unpaired) electrons. The molecule has 1 aromatic rings. The average molecular weight is 540 g/mol. The molecule has 1 heterocycles. The van der Waals surface area contributed by atoms with Crippen LogP contribution in [0.4, 0.5) is 0 Å². The van der Waals surface area contributed by atoms with Crippen LogP contribution in [0.15, 0.2) is 34.7 Å². The predicted molar refractivity (Wildman–Crippen MR) is 147 cm³/mol. The number of nitrogens with zero attached hydrogens (tertiary/aromatic N) is 1. The third-order valence-electron chi connectivity index (χ3n) is 8.86. The van der Waals surface area contributed by atoms with Crippen LogP contribution in [0, 0.1) is 28.6 Å². The van der Waals surface area contributed by atoms with Gasteiger partial charge in [0.1, 0.15) is 0 Å². The summed E-state index contributed by atoms with van der Waals surface area (Å²) in [5.74, 6) is 1.11. The van der Waals surface area contributed by atoms with Gasteiger partial charge >= 0.3 is 5.96 Å². The Hall–Kier alpha value is -1.84. The van der Waals surface area contributed by atoms with E-state index >= 15 is 0 Å². The Morgan fingerprint density at radius 3 is 2.46 bits per heavy atom. The minimum atomic E-state index is -4.76. The number of allylic oxidation sites excluding steroid dienone is 2. The smallest absolute Gasteiger partial charge is 0.340 e. The Labute approximate surface area is 224 Å². The van der Waals surface area contributed by atoms with Gasteiger partial charge in [0, 0.05) is 0 Å². The zero-order valence-corrected chi connectivity index (χ0v) is 24.6. The van der Waals surface area contributed by atoms with Crippen molar-refractivity contribution in [2.24, 2.45) is 40.1 Å². The normalized spacial score (nSPS) is 26.6. The van der Waals surface area contributed by atoms with Crippen LogP contribution in [0.2, 0.25) is 0 Å². The van der Waals surface area contributed by atoms with Crippen LogP contribution in [0.3, 0.4) is 0 Å². The van der Waals surface area contributed by atoms with E-state index in [1.165, 1.54) is 18.4 Å². The number of fused-ring (bicyclic) bond motifs is 1. The van der Waals surface area contributed by atoms with Crippen LogP contribution in [0.5, 0.6) is 0 Å². The summed E-state index contributed by atoms with van der Waals surface area (Å²) in [7, 11) is -1.19. The van der Waals surface area contributed by atoms with Gasteiger partial charge in [-0.1, -0.05) is 45.8 Å². The molecule has 1 fully saturated rings. The van der Waals surface area contributed by atoms with Crippen molar-refractivity contribution in [1.29, 1.82) is 0 Å². The average Bonchev–Trinajstić information content (AvgIpc) is 3.28. The molecule has 0 unspecified atom stereocenters. The molecule has 5 atom stereocenters. The van der Waals surface area contributed by atoms with Crippen molar-refractivity contribution < 1.29 is 26.1 Å². The van der Waals surface area contributed by atoms with E-state index in [0.717, 1.165) is 37.7 Å². The minimum absolute atomic E-state index is 0.0241. The summed E-state index contributed by atoms with van der Waals surface area (Å²) < 4.78 is 46.7. The zero-order chi connectivity index (χ0) is 28.0. The maximum atomic E-state index is 11.6. The Morgan fingerprint density at radius 2 is 1.92 bits per heavy atom. The van der Waals surface area contributed by atoms with E-state index in [1.807, 2.05) is 13.0 Å². The molecule has 9 heteroatoms. The van der Waals surface area contributed by atoms with Crippen LogP contribution in [-0.4, -0.2) is 43.7 Å². The van der Waals surface area contributed by atoms with E-state index in [-0.39, 0.29) is 22.7 Å². The molecule has 0 aromatic carbocycles. The first-order valence-corrected chi connectivity index (χ1v) is 14.8. The van der Waals surface area contributed by atoms with Crippen molar-refractivity contribution in [1.82, 2.24) is 0 Å². The minimum Gasteiger partial charge on any atom is -0.726 e. The maximum absolute atomic E-state index is 11.6. The second-order valence-corrected chi connectivity index (χ2v) is 13.2. The molecule has 0 bridgehead atoms. The van der Waals surface area contributed by atoms with E-state index in [2.05, 4.69) is 33.8 Å². The van der Waals surface area contributed by atoms with Crippen molar-refractivity contribution in [2.45, 2.75) is 92.1 Å². The summed E-state index contributed by atoms with van der Waals surface area (Å²) in [6.45, 7) is 11.3. The molecule has 0 amide bonds. The first-order chi connectivity index (χ1) is 17.1. The first kappa shape index (κ1) is 31.4. The van der Waals surface area contributed by atoms with Crippen LogP contribution in [0.25, 0.3) is 0 Å². The molecule has 3 rings (SSSR count). The van der Waals surface area contributed by atoms with E-state index in [1.54, 1.807) is 31.2 Å². The topological polar surface area (TPSA) is 135 Å². The van der Waals surface area contributed by atoms with Crippen LogP contribution < -0.4 is 11.5 Å². The highest BCUT2D eigenvalue weighted by Gasteiger charge is 2.52. The molecule has 212 valence electrons. The molecule has 2 aliphatic rings. The molecule has 8 nitrogen and oxygen atoms in total. The third kappa shape index (κ3) is 8.86. The largest absolute Gasteiger partial charge is 0.726 e. The number of hydrogen-bond donors (Lipinski definition) is 2. The molecular weight excluding hydrogens is 490 g/mol. The summed E-state index contributed by atoms with van der Waals surface area (Å²) in [4.78, 5) is 0. The monoisotopic (exact) mass is 539 g/mol. The summed E-state index contributed by atoms with van der Waals surface area (Å²) in [6.07, 6.45) is 12.9. The van der Waals surface area contributed by atoms with Gasteiger partial charge in [-0.15, -0.1) is 0 Å². The molecule has 0 aliphatic heterocycles. The van der Waals surface area contributed by atoms with Crippen molar-refractivity contribution in [3.8, 4) is 0 Å². The summed E-state index contributed by atoms with van der Waals surface area (Å²) >= 11 is 0. The molecule has 1 saturated carbocycles. The van der Waals surface area contributed by atoms with Gasteiger partial charge in [0.2, 0.25) is 10.4 Å². The fourth-order valence-corrected chi connectivity index (χ4v) is 7.16. The van der Waals surface area contributed by atoms with Crippen molar-refractivity contribution >= 4 is 16.4 Å². The maximum Gasteiger partial charge on any atom is 0.340 e. The zero-order valence-electron chi connectivity index (χ0n) is 23.8. The lowest BCUT2D eigenvalue weighted by Gasteiger charge is -2.57. The molecule has 1 aromatic heterocycles. The third-order valence-corrected chi connectivity index (χ3v) is 9.35. The fourth-order valence-electron chi connectivity index (χ4n) is 6.59. The van der Waals surface area contributed by atoms with Gasteiger partial charge in [-0.2, -0.15) is 0 Å². The fraction of sp³-hybridized carbons (Fsp3) is 0.750. The van der Waals surface area contributed by atoms with E-state index in [9.17, 15) is 13.0 Å². The van der Waals surface area contributed by atoms with Gasteiger partial charge in [-0.25, -0.2) is 8.42 Å². The van der Waals surface area contributed by atoms with Gasteiger partial charge in [-0.3, -0.25) is 20.2 Å². The van der Waals surface area contributed by atoms with Crippen LogP contribution in [0.1, 0.15) is 85.1 Å². The highest BCUT2D eigenvalue weighted by Crippen LogP contribution is 2.60. The number of furan rings is 1. The van der Waals surface area contributed by atoms with E-state index in [4.69, 9.17) is 20.1 Å². The van der Waals surface area contributed by atoms with Crippen molar-refractivity contribution in [3.05, 3.63) is 35.8 Å². The van der Waals surface area contributed by atoms with Crippen molar-refractivity contribution in [3.63, 3.8) is 0 Å². The highest BCUT2D eigenvalue weighted by atomic mass is 32.3. The molecule has 37 heavy (non-hydrogen) atoms. The SMILES string of the molecule is CC1=CC[C@H]2C(C)(C)CCC[C@]2(C)[C@H]1C[C@H](OS(=O)(=O)[O-])[C@H](C)CCCc1ccoc1.C[N+](C)=C(N)N. The summed E-state index contributed by atoms with van der Waals surface area (Å²) in [6, 6.07) is 1.95. The Morgan fingerprint density at radius 1 is 1.27 bits per heavy atom. The molecular formula is C28H49N3O5S. The second-order valence-electron chi connectivity index (χ2n) is 12.2. The van der Waals surface area contributed by atoms with Gasteiger partial charge in [0.05, 0.1) is 32.7 Å². The van der Waals surface area contributed by atoms with E-state index < -0.39 is 16.5 Å². The number of rotatable bonds is 9. The number of hydrogen-bond acceptors (Lipinski definition) is 5. The lowest BCUT2D eigenvalue weighted by atomic mass is 9.48. The van der Waals surface area contributed by atoms with Gasteiger partial charge in [0.15, 0.2) is 0 Å². The Kier molecular flexibility index (Phi) is 10.9. The standard InChI is InChI=1S/C25H40O5S.C3H9N3/c1-18-10-11-23-24(3,4)13-7-14-25(23,5)21(18)16-22(30-31(26,27)28)19(2)8-6-9-20-12-15-29-17-20;1-6(2)3(4)5/h10,12,15,17,19,21-23H,6-9,11,13-14,16H2,1-5H3,(H,26,27,28);1-2H3,(H3,4,5)/t19-,21+,22+,23+,25-;/m1./s1. The molecule has 0 saturated heterocycles. The lowest BCUT2D eigenvalue weighted by molar-refractivity contribution is -0.466. The van der Waals surface area contributed by atoms with Gasteiger partial charge in [0.25, 0.3) is 0 Å². The van der Waals surface area contributed by atoms with Crippen LogP contribution in [-0.2, 0) is 21.0 Å². The summed E-state index contributed by atoms with van der Waals surface area (Å²) in [5, 5.41) is 0. The molecule has 4 N–H and O–H groups in total. The highest BCUT2D eigenvalue weighted by molar-refractivity contribution is 7.80. The molecule has 2 aliphatic carbocycles. The van der Waals surface area contributed by atoms with Crippen LogP contribution >= 0.6 is 0 Å². The number of aryl methyl sites for hydroxylation is 1. The number of nitrogens with two attached hydrogens (primary N) is 2.